The number of rotatable bonds is 3. The quantitative estimate of drug-likeness (QED) is 0.604. The summed E-state index contributed by atoms with van der Waals surface area (Å²) in [4.78, 5) is 14.9. The zero-order valence-corrected chi connectivity index (χ0v) is 14.9. The Morgan fingerprint density at radius 1 is 0.963 bits per heavy atom. The third-order valence-electron chi connectivity index (χ3n) is 4.89. The van der Waals surface area contributed by atoms with Crippen molar-refractivity contribution in [3.8, 4) is 11.5 Å². The van der Waals surface area contributed by atoms with E-state index in [4.69, 9.17) is 0 Å². The molecule has 3 aromatic carbocycles. The molecule has 1 atom stereocenters. The van der Waals surface area contributed by atoms with Gasteiger partial charge in [0.15, 0.2) is 11.5 Å². The number of hydrogen-bond donors (Lipinski definition) is 3. The molecule has 0 aromatic heterocycles. The molecule has 1 amide bonds. The predicted molar refractivity (Wildman–Crippen MR) is 105 cm³/mol. The second-order valence-electron chi connectivity index (χ2n) is 6.50. The van der Waals surface area contributed by atoms with Crippen LogP contribution in [0.25, 0.3) is 0 Å². The number of nitrogens with one attached hydrogen (secondary N) is 1. The van der Waals surface area contributed by atoms with Crippen LogP contribution in [0.2, 0.25) is 0 Å². The Morgan fingerprint density at radius 2 is 1.70 bits per heavy atom. The molecular formula is C22H20N2O3. The van der Waals surface area contributed by atoms with Gasteiger partial charge < -0.3 is 15.5 Å². The number of carbonyl (C=O) groups excluding carboxylic acids is 1. The standard InChI is InChI=1S/C22H20N2O3/c1-2-14-10-12-15(13-11-14)24-21(17-7-5-9-19(25)20(17)26)23-18-8-4-3-6-16(18)22(24)27/h3-13,21,23,25-26H,2H2,1H3/t21-/m0/s1. The summed E-state index contributed by atoms with van der Waals surface area (Å²) >= 11 is 0. The molecule has 5 heteroatoms. The second kappa shape index (κ2) is 6.68. The summed E-state index contributed by atoms with van der Waals surface area (Å²) in [6, 6.07) is 19.8. The second-order valence-corrected chi connectivity index (χ2v) is 6.50. The maximum Gasteiger partial charge on any atom is 0.262 e. The summed E-state index contributed by atoms with van der Waals surface area (Å²) in [5.41, 5.74) is 3.57. The summed E-state index contributed by atoms with van der Waals surface area (Å²) in [5, 5.41) is 23.7. The Morgan fingerprint density at radius 3 is 2.44 bits per heavy atom. The number of fused-ring (bicyclic) bond motifs is 1. The van der Waals surface area contributed by atoms with E-state index in [1.54, 1.807) is 23.1 Å². The van der Waals surface area contributed by atoms with Crippen LogP contribution in [-0.4, -0.2) is 16.1 Å². The Bertz CT molecular complexity index is 999. The van der Waals surface area contributed by atoms with E-state index in [0.29, 0.717) is 22.5 Å². The van der Waals surface area contributed by atoms with Crippen molar-refractivity contribution in [3.05, 3.63) is 83.4 Å². The van der Waals surface area contributed by atoms with E-state index in [9.17, 15) is 15.0 Å². The first-order valence-corrected chi connectivity index (χ1v) is 8.89. The lowest BCUT2D eigenvalue weighted by Crippen LogP contribution is -2.43. The molecule has 3 N–H and O–H groups in total. The van der Waals surface area contributed by atoms with Gasteiger partial charge in [-0.05, 0) is 42.3 Å². The number of nitrogens with zero attached hydrogens (tertiary/aromatic N) is 1. The van der Waals surface area contributed by atoms with E-state index in [1.165, 1.54) is 11.6 Å². The zero-order valence-electron chi connectivity index (χ0n) is 14.9. The van der Waals surface area contributed by atoms with Crippen molar-refractivity contribution < 1.29 is 15.0 Å². The number of aromatic hydroxyl groups is 2. The van der Waals surface area contributed by atoms with Crippen molar-refractivity contribution in [1.29, 1.82) is 0 Å². The molecular weight excluding hydrogens is 340 g/mol. The molecule has 1 aliphatic rings. The summed E-state index contributed by atoms with van der Waals surface area (Å²) in [6.07, 6.45) is 0.262. The van der Waals surface area contributed by atoms with Crippen molar-refractivity contribution in [2.45, 2.75) is 19.5 Å². The molecule has 136 valence electrons. The summed E-state index contributed by atoms with van der Waals surface area (Å²) in [7, 11) is 0. The molecule has 1 heterocycles. The van der Waals surface area contributed by atoms with Crippen molar-refractivity contribution >= 4 is 17.3 Å². The maximum atomic E-state index is 13.3. The number of amides is 1. The molecule has 0 radical (unpaired) electrons. The van der Waals surface area contributed by atoms with Gasteiger partial charge in [0.25, 0.3) is 5.91 Å². The van der Waals surface area contributed by atoms with Crippen LogP contribution in [0, 0.1) is 0 Å². The van der Waals surface area contributed by atoms with E-state index in [-0.39, 0.29) is 17.4 Å². The highest BCUT2D eigenvalue weighted by molar-refractivity contribution is 6.12. The first kappa shape index (κ1) is 17.0. The van der Waals surface area contributed by atoms with Gasteiger partial charge in [-0.25, -0.2) is 0 Å². The highest BCUT2D eigenvalue weighted by atomic mass is 16.3. The highest BCUT2D eigenvalue weighted by Gasteiger charge is 2.35. The number of phenols is 2. The number of phenolic OH excluding ortho intramolecular Hbond substituents is 2. The van der Waals surface area contributed by atoms with E-state index in [2.05, 4.69) is 12.2 Å². The Hall–Kier alpha value is -3.47. The Balaban J connectivity index is 1.87. The minimum atomic E-state index is -0.646. The largest absolute Gasteiger partial charge is 0.504 e. The fourth-order valence-electron chi connectivity index (χ4n) is 3.40. The van der Waals surface area contributed by atoms with Crippen LogP contribution in [0.3, 0.4) is 0 Å². The highest BCUT2D eigenvalue weighted by Crippen LogP contribution is 2.41. The van der Waals surface area contributed by atoms with Gasteiger partial charge in [0.1, 0.15) is 6.17 Å². The van der Waals surface area contributed by atoms with E-state index in [0.717, 1.165) is 6.42 Å². The van der Waals surface area contributed by atoms with E-state index >= 15 is 0 Å². The van der Waals surface area contributed by atoms with Crippen LogP contribution >= 0.6 is 0 Å². The van der Waals surface area contributed by atoms with Gasteiger partial charge in [-0.3, -0.25) is 9.69 Å². The van der Waals surface area contributed by atoms with E-state index < -0.39 is 6.17 Å². The normalized spacial score (nSPS) is 16.0. The zero-order chi connectivity index (χ0) is 19.0. The first-order valence-electron chi connectivity index (χ1n) is 8.89. The topological polar surface area (TPSA) is 72.8 Å². The van der Waals surface area contributed by atoms with Crippen LogP contribution in [0.1, 0.15) is 34.6 Å². The molecule has 5 nitrogen and oxygen atoms in total. The average molecular weight is 360 g/mol. The number of benzene rings is 3. The monoisotopic (exact) mass is 360 g/mol. The van der Waals surface area contributed by atoms with Crippen molar-refractivity contribution in [3.63, 3.8) is 0 Å². The fourth-order valence-corrected chi connectivity index (χ4v) is 3.40. The summed E-state index contributed by atoms with van der Waals surface area (Å²) in [5.74, 6) is -0.624. The molecule has 0 aliphatic carbocycles. The molecule has 3 aromatic rings. The molecule has 0 spiro atoms. The number of aryl methyl sites for hydroxylation is 1. The molecule has 0 unspecified atom stereocenters. The third-order valence-corrected chi connectivity index (χ3v) is 4.89. The van der Waals surface area contributed by atoms with Crippen molar-refractivity contribution in [2.75, 3.05) is 10.2 Å². The van der Waals surface area contributed by atoms with Crippen LogP contribution in [0.4, 0.5) is 11.4 Å². The van der Waals surface area contributed by atoms with Gasteiger partial charge in [0, 0.05) is 16.9 Å². The van der Waals surface area contributed by atoms with Gasteiger partial charge in [-0.2, -0.15) is 0 Å². The Kier molecular flexibility index (Phi) is 4.20. The molecule has 0 saturated carbocycles. The van der Waals surface area contributed by atoms with Gasteiger partial charge in [-0.1, -0.05) is 43.3 Å². The van der Waals surface area contributed by atoms with Gasteiger partial charge in [0.2, 0.25) is 0 Å². The molecule has 0 fully saturated rings. The molecule has 1 aliphatic heterocycles. The van der Waals surface area contributed by atoms with Crippen LogP contribution in [-0.2, 0) is 6.42 Å². The molecule has 0 bridgehead atoms. The van der Waals surface area contributed by atoms with Crippen molar-refractivity contribution in [2.24, 2.45) is 0 Å². The van der Waals surface area contributed by atoms with E-state index in [1.807, 2.05) is 42.5 Å². The smallest absolute Gasteiger partial charge is 0.262 e. The fraction of sp³-hybridized carbons (Fsp3) is 0.136. The molecule has 27 heavy (non-hydrogen) atoms. The number of hydrogen-bond acceptors (Lipinski definition) is 4. The van der Waals surface area contributed by atoms with Gasteiger partial charge in [-0.15, -0.1) is 0 Å². The van der Waals surface area contributed by atoms with Crippen LogP contribution < -0.4 is 10.2 Å². The summed E-state index contributed by atoms with van der Waals surface area (Å²) in [6.45, 7) is 2.08. The number of carbonyl (C=O) groups is 1. The minimum absolute atomic E-state index is 0.165. The predicted octanol–water partition coefficient (Wildman–Crippen LogP) is 4.43. The van der Waals surface area contributed by atoms with Crippen LogP contribution in [0.5, 0.6) is 11.5 Å². The Labute approximate surface area is 157 Å². The van der Waals surface area contributed by atoms with Gasteiger partial charge in [0.05, 0.1) is 5.56 Å². The number of anilines is 2. The lowest BCUT2D eigenvalue weighted by Gasteiger charge is -2.38. The third kappa shape index (κ3) is 2.87. The lowest BCUT2D eigenvalue weighted by molar-refractivity contribution is 0.0974. The molecule has 4 rings (SSSR count). The summed E-state index contributed by atoms with van der Waals surface area (Å²) < 4.78 is 0. The molecule has 0 saturated heterocycles. The average Bonchev–Trinajstić information content (AvgIpc) is 2.70. The number of para-hydroxylation sites is 2. The van der Waals surface area contributed by atoms with Crippen LogP contribution in [0.15, 0.2) is 66.7 Å². The lowest BCUT2D eigenvalue weighted by atomic mass is 10.0. The minimum Gasteiger partial charge on any atom is -0.504 e. The van der Waals surface area contributed by atoms with Gasteiger partial charge >= 0.3 is 0 Å². The van der Waals surface area contributed by atoms with Crippen molar-refractivity contribution in [1.82, 2.24) is 0 Å². The SMILES string of the molecule is CCc1ccc(N2C(=O)c3ccccc3N[C@@H]2c2cccc(O)c2O)cc1. The first-order chi connectivity index (χ1) is 13.1. The maximum absolute atomic E-state index is 13.3.